The van der Waals surface area contributed by atoms with E-state index in [-0.39, 0.29) is 18.0 Å². The molecule has 1 aliphatic carbocycles. The molecule has 3 rings (SSSR count). The van der Waals surface area contributed by atoms with Crippen LogP contribution in [0.4, 0.5) is 4.39 Å². The Morgan fingerprint density at radius 3 is 2.33 bits per heavy atom. The second-order valence-corrected chi connectivity index (χ2v) is 7.19. The van der Waals surface area contributed by atoms with Gasteiger partial charge >= 0.3 is 0 Å². The zero-order valence-corrected chi connectivity index (χ0v) is 15.2. The van der Waals surface area contributed by atoms with Gasteiger partial charge in [0.15, 0.2) is 11.6 Å². The fourth-order valence-corrected chi connectivity index (χ4v) is 3.73. The summed E-state index contributed by atoms with van der Waals surface area (Å²) in [6.07, 6.45) is -3.12. The predicted octanol–water partition coefficient (Wildman–Crippen LogP) is 0.677. The fraction of sp³-hybridized carbons (Fsp3) is 0.684. The van der Waals surface area contributed by atoms with Gasteiger partial charge in [0.1, 0.15) is 30.5 Å². The van der Waals surface area contributed by atoms with Crippen molar-refractivity contribution in [1.82, 2.24) is 0 Å². The first-order chi connectivity index (χ1) is 12.9. The molecule has 0 amide bonds. The maximum absolute atomic E-state index is 14.2. The number of aliphatic hydroxyl groups excluding tert-OH is 4. The van der Waals surface area contributed by atoms with Crippen LogP contribution in [0.5, 0.6) is 5.75 Å². The summed E-state index contributed by atoms with van der Waals surface area (Å²) in [5, 5.41) is 39.4. The molecule has 27 heavy (non-hydrogen) atoms. The molecule has 152 valence electrons. The van der Waals surface area contributed by atoms with Crippen LogP contribution in [0.1, 0.15) is 37.4 Å². The Morgan fingerprint density at radius 1 is 1.04 bits per heavy atom. The Balaban J connectivity index is 1.74. The number of aliphatic hydroxyl groups is 4. The quantitative estimate of drug-likeness (QED) is 0.589. The van der Waals surface area contributed by atoms with Crippen molar-refractivity contribution in [3.8, 4) is 5.75 Å². The third kappa shape index (κ3) is 4.42. The van der Waals surface area contributed by atoms with Gasteiger partial charge in [-0.3, -0.25) is 0 Å². The van der Waals surface area contributed by atoms with Crippen LogP contribution in [0, 0.1) is 5.82 Å². The summed E-state index contributed by atoms with van der Waals surface area (Å²) in [4.78, 5) is 0. The highest BCUT2D eigenvalue weighted by Crippen LogP contribution is 2.35. The molecular formula is C19H27FO7. The van der Waals surface area contributed by atoms with E-state index >= 15 is 0 Å². The van der Waals surface area contributed by atoms with Crippen LogP contribution in [0.2, 0.25) is 0 Å². The molecule has 1 saturated carbocycles. The van der Waals surface area contributed by atoms with Crippen LogP contribution in [0.3, 0.4) is 0 Å². The highest BCUT2D eigenvalue weighted by atomic mass is 19.1. The molecule has 0 spiro atoms. The molecule has 1 aromatic carbocycles. The lowest BCUT2D eigenvalue weighted by Crippen LogP contribution is -2.55. The predicted molar refractivity (Wildman–Crippen MR) is 92.8 cm³/mol. The van der Waals surface area contributed by atoms with Gasteiger partial charge in [-0.2, -0.15) is 0 Å². The lowest BCUT2D eigenvalue weighted by molar-refractivity contribution is -0.231. The van der Waals surface area contributed by atoms with E-state index in [1.54, 1.807) is 7.11 Å². The first-order valence-electron chi connectivity index (χ1n) is 9.24. The van der Waals surface area contributed by atoms with Gasteiger partial charge in [-0.05, 0) is 43.4 Å². The molecular weight excluding hydrogens is 359 g/mol. The summed E-state index contributed by atoms with van der Waals surface area (Å²) >= 11 is 0. The second-order valence-electron chi connectivity index (χ2n) is 7.19. The zero-order valence-electron chi connectivity index (χ0n) is 15.2. The van der Waals surface area contributed by atoms with Crippen LogP contribution in [-0.2, 0) is 9.47 Å². The minimum absolute atomic E-state index is 0.0466. The number of methoxy groups -OCH3 is 1. The van der Waals surface area contributed by atoms with E-state index in [4.69, 9.17) is 14.2 Å². The lowest BCUT2D eigenvalue weighted by atomic mass is 9.91. The maximum atomic E-state index is 14.2. The number of halogens is 1. The van der Waals surface area contributed by atoms with E-state index < -0.39 is 42.9 Å². The summed E-state index contributed by atoms with van der Waals surface area (Å²) in [6, 6.07) is 4.08. The number of hydrogen-bond acceptors (Lipinski definition) is 7. The van der Waals surface area contributed by atoms with Crippen molar-refractivity contribution < 1.29 is 39.0 Å². The van der Waals surface area contributed by atoms with Crippen LogP contribution in [0.15, 0.2) is 18.2 Å². The van der Waals surface area contributed by atoms with Gasteiger partial charge in [-0.15, -0.1) is 0 Å². The molecule has 1 heterocycles. The molecule has 1 aromatic rings. The number of ether oxygens (including phenoxy) is 3. The maximum Gasteiger partial charge on any atom is 0.165 e. The molecule has 0 bridgehead atoms. The third-order valence-electron chi connectivity index (χ3n) is 5.42. The molecule has 0 radical (unpaired) electrons. The normalized spacial score (nSPS) is 37.2. The summed E-state index contributed by atoms with van der Waals surface area (Å²) in [5.41, 5.74) is 0.397. The first-order valence-corrected chi connectivity index (χ1v) is 9.24. The van der Waals surface area contributed by atoms with E-state index in [9.17, 15) is 24.8 Å². The standard InChI is InChI=1S/C19H27FO7/c1-25-11-3-5-12(6-4-11)26-14-8-10(2-7-13(14)20)19-18(24)17(23)16(22)15(9-21)27-19/h2,7-8,11-12,15-19,21-24H,3-6,9H2,1H3/t11?,12?,15-,16-,17+,18-,19+/m1/s1. The number of rotatable bonds is 5. The Labute approximate surface area is 157 Å². The summed E-state index contributed by atoms with van der Waals surface area (Å²) in [7, 11) is 1.68. The van der Waals surface area contributed by atoms with Gasteiger partial charge in [0.05, 0.1) is 18.8 Å². The number of benzene rings is 1. The Kier molecular flexibility index (Phi) is 6.67. The zero-order chi connectivity index (χ0) is 19.6. The van der Waals surface area contributed by atoms with Crippen LogP contribution < -0.4 is 4.74 Å². The van der Waals surface area contributed by atoms with Gasteiger partial charge in [-0.1, -0.05) is 6.07 Å². The fourth-order valence-electron chi connectivity index (χ4n) is 3.73. The molecule has 1 saturated heterocycles. The van der Waals surface area contributed by atoms with Crippen LogP contribution in [0.25, 0.3) is 0 Å². The van der Waals surface area contributed by atoms with E-state index in [0.717, 1.165) is 25.7 Å². The van der Waals surface area contributed by atoms with Crippen molar-refractivity contribution >= 4 is 0 Å². The van der Waals surface area contributed by atoms with Gasteiger partial charge < -0.3 is 34.6 Å². The Bertz CT molecular complexity index is 618. The van der Waals surface area contributed by atoms with Crippen molar-refractivity contribution in [3.63, 3.8) is 0 Å². The highest BCUT2D eigenvalue weighted by molar-refractivity contribution is 5.33. The largest absolute Gasteiger partial charge is 0.487 e. The molecule has 4 N–H and O–H groups in total. The summed E-state index contributed by atoms with van der Waals surface area (Å²) in [6.45, 7) is -0.519. The number of hydrogen-bond donors (Lipinski definition) is 4. The van der Waals surface area contributed by atoms with Crippen molar-refractivity contribution in [2.45, 2.75) is 68.4 Å². The Hall–Kier alpha value is -1.29. The molecule has 1 aliphatic heterocycles. The van der Waals surface area contributed by atoms with E-state index in [2.05, 4.69) is 0 Å². The van der Waals surface area contributed by atoms with Crippen molar-refractivity contribution in [2.75, 3.05) is 13.7 Å². The SMILES string of the molecule is COC1CCC(Oc2cc([C@@H]3O[C@H](CO)[C@@H](O)[C@H](O)[C@H]3O)ccc2F)CC1. The highest BCUT2D eigenvalue weighted by Gasteiger charge is 2.44. The van der Waals surface area contributed by atoms with Gasteiger partial charge in [0.25, 0.3) is 0 Å². The smallest absolute Gasteiger partial charge is 0.165 e. The molecule has 7 nitrogen and oxygen atoms in total. The van der Waals surface area contributed by atoms with E-state index in [0.29, 0.717) is 5.56 Å². The lowest BCUT2D eigenvalue weighted by Gasteiger charge is -2.40. The topological polar surface area (TPSA) is 109 Å². The van der Waals surface area contributed by atoms with Crippen LogP contribution in [-0.4, -0.2) is 70.8 Å². The van der Waals surface area contributed by atoms with Crippen molar-refractivity contribution in [1.29, 1.82) is 0 Å². The molecule has 2 fully saturated rings. The molecule has 0 unspecified atom stereocenters. The molecule has 2 aliphatic rings. The van der Waals surface area contributed by atoms with Crippen molar-refractivity contribution in [3.05, 3.63) is 29.6 Å². The van der Waals surface area contributed by atoms with E-state index in [1.807, 2.05) is 0 Å². The van der Waals surface area contributed by atoms with Gasteiger partial charge in [0.2, 0.25) is 0 Å². The molecule has 8 heteroatoms. The van der Waals surface area contributed by atoms with Crippen LogP contribution >= 0.6 is 0 Å². The Morgan fingerprint density at radius 2 is 1.70 bits per heavy atom. The third-order valence-corrected chi connectivity index (χ3v) is 5.42. The molecule has 5 atom stereocenters. The molecule has 0 aromatic heterocycles. The first kappa shape index (κ1) is 20.4. The summed E-state index contributed by atoms with van der Waals surface area (Å²) in [5.74, 6) is -0.484. The summed E-state index contributed by atoms with van der Waals surface area (Å²) < 4.78 is 30.9. The van der Waals surface area contributed by atoms with Crippen molar-refractivity contribution in [2.24, 2.45) is 0 Å². The van der Waals surface area contributed by atoms with Gasteiger partial charge in [0, 0.05) is 7.11 Å². The van der Waals surface area contributed by atoms with E-state index in [1.165, 1.54) is 18.2 Å². The van der Waals surface area contributed by atoms with Gasteiger partial charge in [-0.25, -0.2) is 4.39 Å². The monoisotopic (exact) mass is 386 g/mol. The average molecular weight is 386 g/mol. The minimum Gasteiger partial charge on any atom is -0.487 e. The average Bonchev–Trinajstić information content (AvgIpc) is 2.69. The minimum atomic E-state index is -1.49. The second kappa shape index (κ2) is 8.81.